The summed E-state index contributed by atoms with van der Waals surface area (Å²) >= 11 is 5.13. The van der Waals surface area contributed by atoms with E-state index in [2.05, 4.69) is 9.97 Å². The predicted molar refractivity (Wildman–Crippen MR) is 94.0 cm³/mol. The van der Waals surface area contributed by atoms with Crippen molar-refractivity contribution in [1.29, 1.82) is 0 Å². The molecule has 0 amide bonds. The van der Waals surface area contributed by atoms with Gasteiger partial charge in [-0.2, -0.15) is 35.1 Å². The first-order chi connectivity index (χ1) is 13.9. The van der Waals surface area contributed by atoms with Crippen LogP contribution in [0, 0.1) is 0 Å². The molecule has 15 heteroatoms. The molecule has 0 saturated heterocycles. The van der Waals surface area contributed by atoms with Crippen LogP contribution in [-0.4, -0.2) is 40.8 Å². The van der Waals surface area contributed by atoms with Gasteiger partial charge in [0, 0.05) is 13.2 Å². The van der Waals surface area contributed by atoms with Crippen molar-refractivity contribution in [3.05, 3.63) is 34.7 Å². The quantitative estimate of drug-likeness (QED) is 0.541. The zero-order valence-electron chi connectivity index (χ0n) is 15.5. The van der Waals surface area contributed by atoms with Gasteiger partial charge in [0.25, 0.3) is 0 Å². The minimum Gasteiger partial charge on any atom is -0.326 e. The number of alkyl halides is 8. The van der Waals surface area contributed by atoms with Gasteiger partial charge in [0.05, 0.1) is 33.1 Å². The van der Waals surface area contributed by atoms with Crippen LogP contribution >= 0.6 is 11.6 Å². The third kappa shape index (κ3) is 4.84. The summed E-state index contributed by atoms with van der Waals surface area (Å²) in [5, 5.41) is -1.89. The lowest BCUT2D eigenvalue weighted by Gasteiger charge is -2.18. The van der Waals surface area contributed by atoms with E-state index in [-0.39, 0.29) is 6.08 Å². The molecule has 0 unspecified atom stereocenters. The number of allylic oxidation sites excluding steroid dienone is 1. The van der Waals surface area contributed by atoms with Gasteiger partial charge in [-0.15, -0.1) is 0 Å². The van der Waals surface area contributed by atoms with Gasteiger partial charge < -0.3 is 4.57 Å². The minimum absolute atomic E-state index is 0.254. The van der Waals surface area contributed by atoms with Gasteiger partial charge in [-0.1, -0.05) is 18.5 Å². The summed E-state index contributed by atoms with van der Waals surface area (Å²) in [5.41, 5.74) is -2.31. The molecule has 2 rings (SSSR count). The second-order valence-corrected chi connectivity index (χ2v) is 8.76. The Morgan fingerprint density at radius 3 is 2.16 bits per heavy atom. The molecule has 0 radical (unpaired) electrons. The molecule has 0 atom stereocenters. The number of hydrogen-bond acceptors (Lipinski definition) is 4. The Balaban J connectivity index is 2.68. The van der Waals surface area contributed by atoms with E-state index in [0.29, 0.717) is 12.3 Å². The van der Waals surface area contributed by atoms with E-state index < -0.39 is 66.6 Å². The van der Waals surface area contributed by atoms with Crippen molar-refractivity contribution < 1.29 is 43.5 Å². The molecule has 0 fully saturated rings. The molecule has 172 valence electrons. The largest absolute Gasteiger partial charge is 0.459 e. The van der Waals surface area contributed by atoms with Crippen LogP contribution in [0.1, 0.15) is 18.2 Å². The second kappa shape index (κ2) is 8.04. The lowest BCUT2D eigenvalue weighted by Crippen LogP contribution is -2.36. The minimum atomic E-state index is -5.97. The number of hydrogen-bond donors (Lipinski definition) is 0. The summed E-state index contributed by atoms with van der Waals surface area (Å²) in [6, 6.07) is 0.343. The normalized spacial score (nSPS) is 14.2. The first-order valence-electron chi connectivity index (χ1n) is 8.07. The fourth-order valence-electron chi connectivity index (χ4n) is 2.29. The topological polar surface area (TPSA) is 64.8 Å². The Labute approximate surface area is 175 Å². The van der Waals surface area contributed by atoms with Gasteiger partial charge >= 0.3 is 18.3 Å². The van der Waals surface area contributed by atoms with Crippen LogP contribution in [0.2, 0.25) is 0 Å². The van der Waals surface area contributed by atoms with Crippen LogP contribution in [0.25, 0.3) is 17.6 Å². The number of nitrogens with zero attached hydrogens (tertiary/aromatic N) is 3. The summed E-state index contributed by atoms with van der Waals surface area (Å²) in [5.74, 6) is -6.36. The molecule has 0 aliphatic heterocycles. The van der Waals surface area contributed by atoms with Gasteiger partial charge in [-0.3, -0.25) is 4.98 Å². The number of aromatic nitrogens is 3. The molecule has 2 heterocycles. The van der Waals surface area contributed by atoms with Gasteiger partial charge in [-0.05, 0) is 12.1 Å². The highest BCUT2D eigenvalue weighted by molar-refractivity contribution is 7.91. The van der Waals surface area contributed by atoms with E-state index in [9.17, 15) is 43.5 Å². The highest BCUT2D eigenvalue weighted by atomic mass is 35.5. The van der Waals surface area contributed by atoms with Crippen molar-refractivity contribution in [2.75, 3.05) is 5.75 Å². The molecule has 31 heavy (non-hydrogen) atoms. The van der Waals surface area contributed by atoms with Crippen LogP contribution in [-0.2, 0) is 23.1 Å². The third-order valence-corrected chi connectivity index (χ3v) is 6.15. The molecule has 0 aliphatic carbocycles. The molecule has 0 N–H and O–H groups in total. The van der Waals surface area contributed by atoms with Crippen molar-refractivity contribution in [2.45, 2.75) is 30.1 Å². The molecular formula is C16H12ClF8N3O2S. The summed E-state index contributed by atoms with van der Waals surface area (Å²) in [4.78, 5) is 6.38. The molecule has 0 bridgehead atoms. The molecule has 2 aromatic rings. The Bertz CT molecular complexity index is 1120. The highest BCUT2D eigenvalue weighted by Crippen LogP contribution is 2.43. The molecule has 0 aromatic carbocycles. The lowest BCUT2D eigenvalue weighted by atomic mass is 10.2. The zero-order chi connectivity index (χ0) is 24.0. The van der Waals surface area contributed by atoms with Crippen molar-refractivity contribution in [3.63, 3.8) is 0 Å². The van der Waals surface area contributed by atoms with Gasteiger partial charge in [0.2, 0.25) is 0 Å². The molecule has 0 spiro atoms. The maximum atomic E-state index is 13.3. The van der Waals surface area contributed by atoms with E-state index in [0.717, 1.165) is 17.8 Å². The standard InChI is InChI=1S/C16H12ClF8N3O2S/c1-3-31(29,30)10-4-8(15(20,21)22)6-26-12(10)13-27-7-9(28(13)2)5-11(17)14(18,19)16(23,24)25/h4-7H,3H2,1-2H3/b11-5-. The maximum Gasteiger partial charge on any atom is 0.459 e. The van der Waals surface area contributed by atoms with Gasteiger partial charge in [-0.25, -0.2) is 13.4 Å². The van der Waals surface area contributed by atoms with Gasteiger partial charge in [0.15, 0.2) is 15.7 Å². The first-order valence-corrected chi connectivity index (χ1v) is 10.1. The fourth-order valence-corrected chi connectivity index (χ4v) is 3.57. The summed E-state index contributed by atoms with van der Waals surface area (Å²) < 4.78 is 128. The molecule has 0 saturated carbocycles. The Hall–Kier alpha value is -2.22. The summed E-state index contributed by atoms with van der Waals surface area (Å²) in [6.45, 7) is 1.17. The smallest absolute Gasteiger partial charge is 0.326 e. The van der Waals surface area contributed by atoms with Crippen LogP contribution < -0.4 is 0 Å². The molecular weight excluding hydrogens is 486 g/mol. The van der Waals surface area contributed by atoms with E-state index >= 15 is 0 Å². The monoisotopic (exact) mass is 497 g/mol. The van der Waals surface area contributed by atoms with Crippen LogP contribution in [0.15, 0.2) is 28.4 Å². The lowest BCUT2D eigenvalue weighted by molar-refractivity contribution is -0.261. The van der Waals surface area contributed by atoms with E-state index in [1.807, 2.05) is 0 Å². The average Bonchev–Trinajstić information content (AvgIpc) is 2.99. The maximum absolute atomic E-state index is 13.3. The molecule has 0 aliphatic rings. The molecule has 5 nitrogen and oxygen atoms in total. The van der Waals surface area contributed by atoms with Crippen LogP contribution in [0.4, 0.5) is 35.1 Å². The van der Waals surface area contributed by atoms with Crippen LogP contribution in [0.5, 0.6) is 0 Å². The zero-order valence-corrected chi connectivity index (χ0v) is 17.1. The van der Waals surface area contributed by atoms with Crippen molar-refractivity contribution in [3.8, 4) is 11.5 Å². The SMILES string of the molecule is CCS(=O)(=O)c1cc(C(F)(F)F)cnc1-c1ncc(/C=C(\Cl)C(F)(F)C(F)(F)F)n1C. The highest BCUT2D eigenvalue weighted by Gasteiger charge is 2.59. The number of imidazole rings is 1. The Morgan fingerprint density at radius 1 is 1.10 bits per heavy atom. The number of halogens is 9. The average molecular weight is 498 g/mol. The number of rotatable bonds is 5. The first kappa shape index (κ1) is 25.0. The predicted octanol–water partition coefficient (Wildman–Crippen LogP) is 5.07. The van der Waals surface area contributed by atoms with E-state index in [4.69, 9.17) is 11.6 Å². The number of sulfone groups is 1. The van der Waals surface area contributed by atoms with Gasteiger partial charge in [0.1, 0.15) is 5.69 Å². The van der Waals surface area contributed by atoms with E-state index in [1.54, 1.807) is 0 Å². The summed E-state index contributed by atoms with van der Waals surface area (Å²) in [6.07, 6.45) is -9.50. The Kier molecular flexibility index (Phi) is 6.50. The number of pyridine rings is 1. The Morgan fingerprint density at radius 2 is 1.68 bits per heavy atom. The van der Waals surface area contributed by atoms with Crippen molar-refractivity contribution >= 4 is 27.5 Å². The van der Waals surface area contributed by atoms with E-state index in [1.165, 1.54) is 6.92 Å². The second-order valence-electron chi connectivity index (χ2n) is 6.10. The molecule has 2 aromatic heterocycles. The van der Waals surface area contributed by atoms with Crippen molar-refractivity contribution in [2.24, 2.45) is 7.05 Å². The van der Waals surface area contributed by atoms with Crippen LogP contribution in [0.3, 0.4) is 0 Å². The summed E-state index contributed by atoms with van der Waals surface area (Å²) in [7, 11) is -3.16. The third-order valence-electron chi connectivity index (χ3n) is 4.06. The fraction of sp³-hybridized carbons (Fsp3) is 0.375. The van der Waals surface area contributed by atoms with Crippen molar-refractivity contribution in [1.82, 2.24) is 14.5 Å².